The van der Waals surface area contributed by atoms with E-state index in [1.165, 1.54) is 0 Å². The van der Waals surface area contributed by atoms with E-state index in [0.717, 1.165) is 18.4 Å². The van der Waals surface area contributed by atoms with E-state index in [-0.39, 0.29) is 36.0 Å². The summed E-state index contributed by atoms with van der Waals surface area (Å²) in [6, 6.07) is 15.6. The second-order valence-electron chi connectivity index (χ2n) is 7.14. The summed E-state index contributed by atoms with van der Waals surface area (Å²) in [6.07, 6.45) is 2.33. The first-order valence-electron chi connectivity index (χ1n) is 9.61. The Hall–Kier alpha value is -2.87. The van der Waals surface area contributed by atoms with Crippen molar-refractivity contribution in [1.29, 1.82) is 0 Å². The second kappa shape index (κ2) is 9.56. The fourth-order valence-electron chi connectivity index (χ4n) is 2.81. The van der Waals surface area contributed by atoms with Crippen molar-refractivity contribution in [2.75, 3.05) is 17.6 Å². The minimum absolute atomic E-state index is 0.00157. The molecule has 2 aromatic carbocycles. The van der Waals surface area contributed by atoms with Crippen LogP contribution in [0.1, 0.15) is 35.2 Å². The summed E-state index contributed by atoms with van der Waals surface area (Å²) in [5.74, 6) is -0.305. The average molecular weight is 416 g/mol. The average Bonchev–Trinajstić information content (AvgIpc) is 3.49. The molecule has 1 fully saturated rings. The van der Waals surface area contributed by atoms with E-state index >= 15 is 0 Å². The molecule has 0 unspecified atom stereocenters. The van der Waals surface area contributed by atoms with Crippen LogP contribution in [0.4, 0.5) is 10.5 Å². The van der Waals surface area contributed by atoms with Gasteiger partial charge in [0.05, 0.1) is 11.5 Å². The number of carbonyl (C=O) groups is 2. The Morgan fingerprint density at radius 2 is 1.76 bits per heavy atom. The van der Waals surface area contributed by atoms with Crippen molar-refractivity contribution in [3.8, 4) is 0 Å². The van der Waals surface area contributed by atoms with Gasteiger partial charge in [0.1, 0.15) is 0 Å². The van der Waals surface area contributed by atoms with Crippen molar-refractivity contribution in [2.24, 2.45) is 0 Å². The standard InChI is InChI=1S/C21H25N3O4S/c25-20(17-8-4-9-19(14-17)24-21(26)23-18-10-11-18)22-12-5-13-29(27,28)15-16-6-2-1-3-7-16/h1-4,6-9,14,18H,5,10-13,15H2,(H,22,25)(H2,23,24,26). The normalized spacial score (nSPS) is 13.5. The predicted octanol–water partition coefficient (Wildman–Crippen LogP) is 2.71. The highest BCUT2D eigenvalue weighted by molar-refractivity contribution is 7.90. The minimum atomic E-state index is -3.23. The maximum Gasteiger partial charge on any atom is 0.319 e. The summed E-state index contributed by atoms with van der Waals surface area (Å²) in [4.78, 5) is 24.1. The summed E-state index contributed by atoms with van der Waals surface area (Å²) in [7, 11) is -3.23. The van der Waals surface area contributed by atoms with Gasteiger partial charge in [-0.3, -0.25) is 4.79 Å². The van der Waals surface area contributed by atoms with Crippen molar-refractivity contribution in [3.63, 3.8) is 0 Å². The van der Waals surface area contributed by atoms with Crippen LogP contribution in [-0.2, 0) is 15.6 Å². The summed E-state index contributed by atoms with van der Waals surface area (Å²) >= 11 is 0. The Labute approximate surface area is 170 Å². The van der Waals surface area contributed by atoms with E-state index in [1.807, 2.05) is 18.2 Å². The van der Waals surface area contributed by atoms with Crippen LogP contribution < -0.4 is 16.0 Å². The molecule has 1 aliphatic rings. The number of carbonyl (C=O) groups excluding carboxylic acids is 2. The van der Waals surface area contributed by atoms with Crippen LogP contribution in [0, 0.1) is 0 Å². The lowest BCUT2D eigenvalue weighted by atomic mass is 10.2. The van der Waals surface area contributed by atoms with Gasteiger partial charge >= 0.3 is 6.03 Å². The lowest BCUT2D eigenvalue weighted by molar-refractivity contribution is 0.0953. The second-order valence-corrected chi connectivity index (χ2v) is 9.32. The molecule has 3 rings (SSSR count). The number of benzene rings is 2. The fraction of sp³-hybridized carbons (Fsp3) is 0.333. The summed E-state index contributed by atoms with van der Waals surface area (Å²) in [5.41, 5.74) is 1.69. The van der Waals surface area contributed by atoms with E-state index in [2.05, 4.69) is 16.0 Å². The molecule has 0 saturated heterocycles. The quantitative estimate of drug-likeness (QED) is 0.548. The Morgan fingerprint density at radius 3 is 2.48 bits per heavy atom. The highest BCUT2D eigenvalue weighted by atomic mass is 32.2. The molecule has 1 saturated carbocycles. The van der Waals surface area contributed by atoms with E-state index in [9.17, 15) is 18.0 Å². The van der Waals surface area contributed by atoms with Gasteiger partial charge in [0, 0.05) is 23.8 Å². The number of hydrogen-bond acceptors (Lipinski definition) is 4. The fourth-order valence-corrected chi connectivity index (χ4v) is 4.24. The molecule has 8 heteroatoms. The molecular formula is C21H25N3O4S. The van der Waals surface area contributed by atoms with Crippen LogP contribution in [0.5, 0.6) is 0 Å². The molecule has 1 aliphatic carbocycles. The number of hydrogen-bond donors (Lipinski definition) is 3. The Bertz CT molecular complexity index is 957. The molecule has 0 heterocycles. The molecule has 0 atom stereocenters. The Kier molecular flexibility index (Phi) is 6.87. The largest absolute Gasteiger partial charge is 0.352 e. The third-order valence-electron chi connectivity index (χ3n) is 4.44. The zero-order valence-electron chi connectivity index (χ0n) is 16.1. The maximum atomic E-state index is 12.3. The molecule has 0 radical (unpaired) electrons. The Morgan fingerprint density at radius 1 is 1.00 bits per heavy atom. The maximum absolute atomic E-state index is 12.3. The zero-order chi connectivity index (χ0) is 20.7. The van der Waals surface area contributed by atoms with E-state index < -0.39 is 9.84 Å². The first-order valence-corrected chi connectivity index (χ1v) is 11.4. The van der Waals surface area contributed by atoms with Gasteiger partial charge in [-0.25, -0.2) is 13.2 Å². The smallest absolute Gasteiger partial charge is 0.319 e. The first kappa shape index (κ1) is 20.9. The lowest BCUT2D eigenvalue weighted by Gasteiger charge is -2.09. The van der Waals surface area contributed by atoms with Gasteiger partial charge in [0.2, 0.25) is 0 Å². The van der Waals surface area contributed by atoms with E-state index in [1.54, 1.807) is 36.4 Å². The molecule has 0 spiro atoms. The van der Waals surface area contributed by atoms with Crippen molar-refractivity contribution < 1.29 is 18.0 Å². The van der Waals surface area contributed by atoms with Crippen LogP contribution in [0.15, 0.2) is 54.6 Å². The van der Waals surface area contributed by atoms with Crippen molar-refractivity contribution in [3.05, 3.63) is 65.7 Å². The van der Waals surface area contributed by atoms with Crippen molar-refractivity contribution in [2.45, 2.75) is 31.1 Å². The SMILES string of the molecule is O=C(Nc1cccc(C(=O)NCCCS(=O)(=O)Cc2ccccc2)c1)NC1CC1. The van der Waals surface area contributed by atoms with Crippen molar-refractivity contribution >= 4 is 27.5 Å². The predicted molar refractivity (Wildman–Crippen MR) is 113 cm³/mol. The van der Waals surface area contributed by atoms with Gasteiger partial charge in [-0.05, 0) is 43.0 Å². The van der Waals surface area contributed by atoms with Crippen LogP contribution >= 0.6 is 0 Å². The van der Waals surface area contributed by atoms with Crippen LogP contribution in [0.25, 0.3) is 0 Å². The number of rotatable bonds is 9. The van der Waals surface area contributed by atoms with Gasteiger partial charge in [-0.15, -0.1) is 0 Å². The number of amides is 3. The number of nitrogens with one attached hydrogen (secondary N) is 3. The van der Waals surface area contributed by atoms with E-state index in [0.29, 0.717) is 17.7 Å². The van der Waals surface area contributed by atoms with Gasteiger partial charge in [-0.1, -0.05) is 36.4 Å². The van der Waals surface area contributed by atoms with Gasteiger partial charge in [0.15, 0.2) is 9.84 Å². The molecule has 2 aromatic rings. The number of urea groups is 1. The monoisotopic (exact) mass is 415 g/mol. The molecule has 0 bridgehead atoms. The summed E-state index contributed by atoms with van der Waals surface area (Å²) in [6.45, 7) is 0.257. The highest BCUT2D eigenvalue weighted by Crippen LogP contribution is 2.19. The van der Waals surface area contributed by atoms with Gasteiger partial charge < -0.3 is 16.0 Å². The lowest BCUT2D eigenvalue weighted by Crippen LogP contribution is -2.30. The van der Waals surface area contributed by atoms with Crippen LogP contribution in [0.3, 0.4) is 0 Å². The third-order valence-corrected chi connectivity index (χ3v) is 6.13. The third kappa shape index (κ3) is 7.23. The Balaban J connectivity index is 1.43. The molecule has 3 amide bonds. The van der Waals surface area contributed by atoms with Gasteiger partial charge in [0.25, 0.3) is 5.91 Å². The molecule has 7 nitrogen and oxygen atoms in total. The minimum Gasteiger partial charge on any atom is -0.352 e. The van der Waals surface area contributed by atoms with Crippen LogP contribution in [-0.4, -0.2) is 38.7 Å². The molecular weight excluding hydrogens is 390 g/mol. The summed E-state index contributed by atoms with van der Waals surface area (Å²) < 4.78 is 24.4. The molecule has 0 aromatic heterocycles. The highest BCUT2D eigenvalue weighted by Gasteiger charge is 2.23. The molecule has 0 aliphatic heterocycles. The first-order chi connectivity index (χ1) is 13.9. The van der Waals surface area contributed by atoms with Crippen molar-refractivity contribution in [1.82, 2.24) is 10.6 Å². The summed E-state index contributed by atoms with van der Waals surface area (Å²) in [5, 5.41) is 8.25. The topological polar surface area (TPSA) is 104 Å². The molecule has 154 valence electrons. The van der Waals surface area contributed by atoms with Gasteiger partial charge in [-0.2, -0.15) is 0 Å². The molecule has 29 heavy (non-hydrogen) atoms. The van der Waals surface area contributed by atoms with Crippen LogP contribution in [0.2, 0.25) is 0 Å². The number of sulfone groups is 1. The zero-order valence-corrected chi connectivity index (χ0v) is 16.9. The number of anilines is 1. The van der Waals surface area contributed by atoms with E-state index in [4.69, 9.17) is 0 Å². The molecule has 3 N–H and O–H groups in total.